The fraction of sp³-hybridized carbons (Fsp3) is 0.105. The van der Waals surface area contributed by atoms with Crippen LogP contribution < -0.4 is 10.9 Å². The Labute approximate surface area is 176 Å². The number of aromatic nitrogens is 2. The Morgan fingerprint density at radius 1 is 1.17 bits per heavy atom. The summed E-state index contributed by atoms with van der Waals surface area (Å²) in [6.07, 6.45) is 0.990. The molecule has 1 aromatic heterocycles. The van der Waals surface area contributed by atoms with Crippen molar-refractivity contribution in [2.75, 3.05) is 11.1 Å². The molecular formula is C19H16ClN3O4S2. The Morgan fingerprint density at radius 3 is 2.52 bits per heavy atom. The molecule has 0 aliphatic heterocycles. The molecule has 2 N–H and O–H groups in total. The lowest BCUT2D eigenvalue weighted by molar-refractivity contribution is -0.113. The zero-order chi connectivity index (χ0) is 21.0. The van der Waals surface area contributed by atoms with Gasteiger partial charge in [-0.25, -0.2) is 13.4 Å². The minimum absolute atomic E-state index is 0.000551. The summed E-state index contributed by atoms with van der Waals surface area (Å²) >= 11 is 6.76. The van der Waals surface area contributed by atoms with Crippen LogP contribution in [0.25, 0.3) is 0 Å². The van der Waals surface area contributed by atoms with E-state index in [0.717, 1.165) is 23.5 Å². The zero-order valence-electron chi connectivity index (χ0n) is 15.2. The standard InChI is InChI=1S/C19H16ClN3O4S2/c1-12-4-2-3-5-15(12)22-17(24)11-28-19-21-10-16(18(25)23-19)29(26,27)14-8-6-13(20)7-9-14/h2-10H,11H2,1H3,(H,22,24)(H,21,23,25). The van der Waals surface area contributed by atoms with Crippen molar-refractivity contribution < 1.29 is 13.2 Å². The Bertz CT molecular complexity index is 1210. The van der Waals surface area contributed by atoms with Gasteiger partial charge in [0.15, 0.2) is 10.1 Å². The molecule has 1 heterocycles. The molecular weight excluding hydrogens is 434 g/mol. The lowest BCUT2D eigenvalue weighted by atomic mass is 10.2. The van der Waals surface area contributed by atoms with E-state index in [0.29, 0.717) is 10.7 Å². The fourth-order valence-electron chi connectivity index (χ4n) is 2.41. The number of carbonyl (C=O) groups excluding carboxylic acids is 1. The molecule has 0 aliphatic carbocycles. The number of nitrogens with zero attached hydrogens (tertiary/aromatic N) is 1. The van der Waals surface area contributed by atoms with Gasteiger partial charge in [-0.15, -0.1) is 0 Å². The highest BCUT2D eigenvalue weighted by Gasteiger charge is 2.22. The van der Waals surface area contributed by atoms with E-state index in [-0.39, 0.29) is 21.7 Å². The average Bonchev–Trinajstić information content (AvgIpc) is 2.68. The first-order chi connectivity index (χ1) is 13.8. The lowest BCUT2D eigenvalue weighted by Gasteiger charge is -2.08. The predicted octanol–water partition coefficient (Wildman–Crippen LogP) is 3.30. The Balaban J connectivity index is 1.71. The number of rotatable bonds is 6. The monoisotopic (exact) mass is 449 g/mol. The zero-order valence-corrected chi connectivity index (χ0v) is 17.6. The van der Waals surface area contributed by atoms with Gasteiger partial charge in [0.25, 0.3) is 5.56 Å². The minimum Gasteiger partial charge on any atom is -0.325 e. The Morgan fingerprint density at radius 2 is 1.86 bits per heavy atom. The molecule has 3 aromatic rings. The third-order valence-corrected chi connectivity index (χ3v) is 6.82. The number of thioether (sulfide) groups is 1. The highest BCUT2D eigenvalue weighted by atomic mass is 35.5. The maximum Gasteiger partial charge on any atom is 0.270 e. The number of para-hydroxylation sites is 1. The number of benzene rings is 2. The summed E-state index contributed by atoms with van der Waals surface area (Å²) in [5.41, 5.74) is 0.815. The van der Waals surface area contributed by atoms with Crippen LogP contribution in [0.15, 0.2) is 74.5 Å². The van der Waals surface area contributed by atoms with Crippen LogP contribution >= 0.6 is 23.4 Å². The number of nitrogens with one attached hydrogen (secondary N) is 2. The van der Waals surface area contributed by atoms with E-state index in [1.54, 1.807) is 6.07 Å². The van der Waals surface area contributed by atoms with E-state index in [2.05, 4.69) is 15.3 Å². The first-order valence-corrected chi connectivity index (χ1v) is 11.2. The number of anilines is 1. The van der Waals surface area contributed by atoms with Gasteiger partial charge in [0.1, 0.15) is 0 Å². The number of aromatic amines is 1. The number of hydrogen-bond donors (Lipinski definition) is 2. The number of amides is 1. The van der Waals surface area contributed by atoms with Crippen LogP contribution in [0, 0.1) is 6.92 Å². The molecule has 0 unspecified atom stereocenters. The molecule has 10 heteroatoms. The number of halogens is 1. The smallest absolute Gasteiger partial charge is 0.270 e. The molecule has 0 bridgehead atoms. The van der Waals surface area contributed by atoms with Crippen LogP contribution in [0.3, 0.4) is 0 Å². The average molecular weight is 450 g/mol. The topological polar surface area (TPSA) is 109 Å². The molecule has 0 atom stereocenters. The van der Waals surface area contributed by atoms with Gasteiger partial charge >= 0.3 is 0 Å². The van der Waals surface area contributed by atoms with Gasteiger partial charge in [0.05, 0.1) is 16.8 Å². The van der Waals surface area contributed by atoms with Gasteiger partial charge in [-0.05, 0) is 42.8 Å². The Hall–Kier alpha value is -2.62. The predicted molar refractivity (Wildman–Crippen MR) is 112 cm³/mol. The third kappa shape index (κ3) is 5.06. The molecule has 0 radical (unpaired) electrons. The van der Waals surface area contributed by atoms with E-state index in [1.807, 2.05) is 25.1 Å². The first-order valence-electron chi connectivity index (χ1n) is 8.35. The molecule has 3 rings (SSSR count). The molecule has 2 aromatic carbocycles. The van der Waals surface area contributed by atoms with Crippen LogP contribution in [-0.4, -0.2) is 30.0 Å². The van der Waals surface area contributed by atoms with Gasteiger partial charge < -0.3 is 10.3 Å². The summed E-state index contributed by atoms with van der Waals surface area (Å²) in [6, 6.07) is 12.8. The van der Waals surface area contributed by atoms with Crippen molar-refractivity contribution in [3.63, 3.8) is 0 Å². The molecule has 0 spiro atoms. The second kappa shape index (κ2) is 8.81. The van der Waals surface area contributed by atoms with Crippen molar-refractivity contribution in [2.45, 2.75) is 21.9 Å². The number of carbonyl (C=O) groups is 1. The molecule has 150 valence electrons. The van der Waals surface area contributed by atoms with Crippen molar-refractivity contribution in [1.82, 2.24) is 9.97 Å². The molecule has 29 heavy (non-hydrogen) atoms. The minimum atomic E-state index is -4.03. The van der Waals surface area contributed by atoms with E-state index in [1.165, 1.54) is 24.3 Å². The molecule has 0 saturated heterocycles. The second-order valence-corrected chi connectivity index (χ2v) is 9.31. The highest BCUT2D eigenvalue weighted by Crippen LogP contribution is 2.21. The Kier molecular flexibility index (Phi) is 6.41. The SMILES string of the molecule is Cc1ccccc1NC(=O)CSc1ncc(S(=O)(=O)c2ccc(Cl)cc2)c(=O)[nH]1. The summed E-state index contributed by atoms with van der Waals surface area (Å²) in [4.78, 5) is 30.2. The van der Waals surface area contributed by atoms with E-state index < -0.39 is 20.3 Å². The largest absolute Gasteiger partial charge is 0.325 e. The quantitative estimate of drug-likeness (QED) is 0.441. The molecule has 0 aliphatic rings. The lowest BCUT2D eigenvalue weighted by Crippen LogP contribution is -2.20. The molecule has 0 saturated carbocycles. The van der Waals surface area contributed by atoms with Gasteiger partial charge in [-0.2, -0.15) is 0 Å². The number of H-pyrrole nitrogens is 1. The van der Waals surface area contributed by atoms with Gasteiger partial charge in [0.2, 0.25) is 15.7 Å². The van der Waals surface area contributed by atoms with Crippen molar-refractivity contribution in [3.8, 4) is 0 Å². The third-order valence-electron chi connectivity index (χ3n) is 3.92. The van der Waals surface area contributed by atoms with Gasteiger partial charge in [0, 0.05) is 10.7 Å². The molecule has 7 nitrogen and oxygen atoms in total. The van der Waals surface area contributed by atoms with Crippen LogP contribution in [0.4, 0.5) is 5.69 Å². The first kappa shape index (κ1) is 21.1. The van der Waals surface area contributed by atoms with Crippen LogP contribution in [0.2, 0.25) is 5.02 Å². The van der Waals surface area contributed by atoms with Crippen LogP contribution in [0.5, 0.6) is 0 Å². The van der Waals surface area contributed by atoms with E-state index in [9.17, 15) is 18.0 Å². The summed E-state index contributed by atoms with van der Waals surface area (Å²) in [5.74, 6) is -0.273. The summed E-state index contributed by atoms with van der Waals surface area (Å²) in [7, 11) is -4.03. The summed E-state index contributed by atoms with van der Waals surface area (Å²) in [5, 5.41) is 3.30. The summed E-state index contributed by atoms with van der Waals surface area (Å²) < 4.78 is 25.2. The van der Waals surface area contributed by atoms with E-state index >= 15 is 0 Å². The molecule has 0 fully saturated rings. The second-order valence-electron chi connectivity index (χ2n) is 5.99. The maximum absolute atomic E-state index is 12.6. The maximum atomic E-state index is 12.6. The van der Waals surface area contributed by atoms with Gasteiger partial charge in [-0.1, -0.05) is 41.6 Å². The van der Waals surface area contributed by atoms with Crippen LogP contribution in [0.1, 0.15) is 5.56 Å². The van der Waals surface area contributed by atoms with E-state index in [4.69, 9.17) is 11.6 Å². The summed E-state index contributed by atoms with van der Waals surface area (Å²) in [6.45, 7) is 1.88. The van der Waals surface area contributed by atoms with Crippen LogP contribution in [-0.2, 0) is 14.6 Å². The molecule has 1 amide bonds. The van der Waals surface area contributed by atoms with Crippen molar-refractivity contribution in [3.05, 3.63) is 75.7 Å². The number of hydrogen-bond acceptors (Lipinski definition) is 6. The van der Waals surface area contributed by atoms with Crippen molar-refractivity contribution in [2.24, 2.45) is 0 Å². The normalized spacial score (nSPS) is 11.2. The van der Waals surface area contributed by atoms with Crippen molar-refractivity contribution in [1.29, 1.82) is 0 Å². The van der Waals surface area contributed by atoms with Gasteiger partial charge in [-0.3, -0.25) is 9.59 Å². The number of sulfone groups is 1. The fourth-order valence-corrected chi connectivity index (χ4v) is 4.40. The number of aryl methyl sites for hydroxylation is 1. The highest BCUT2D eigenvalue weighted by molar-refractivity contribution is 7.99. The van der Waals surface area contributed by atoms with Crippen molar-refractivity contribution >= 4 is 44.8 Å².